The number of ether oxygens (including phenoxy) is 1. The van der Waals surface area contributed by atoms with Crippen molar-refractivity contribution in [2.24, 2.45) is 0 Å². The van der Waals surface area contributed by atoms with E-state index in [0.29, 0.717) is 17.9 Å². The Morgan fingerprint density at radius 1 is 1.06 bits per heavy atom. The Kier molecular flexibility index (Phi) is 9.61. The summed E-state index contributed by atoms with van der Waals surface area (Å²) in [6.45, 7) is 4.04. The fourth-order valence-corrected chi connectivity index (χ4v) is 3.63. The Morgan fingerprint density at radius 2 is 1.78 bits per heavy atom. The number of nitrogens with one attached hydrogen (secondary N) is 2. The van der Waals surface area contributed by atoms with E-state index in [1.807, 2.05) is 49.4 Å². The predicted octanol–water partition coefficient (Wildman–Crippen LogP) is 6.74. The molecule has 3 aromatic rings. The van der Waals surface area contributed by atoms with Crippen molar-refractivity contribution in [3.05, 3.63) is 113 Å². The molecule has 5 nitrogen and oxygen atoms in total. The van der Waals surface area contributed by atoms with Gasteiger partial charge in [-0.1, -0.05) is 36.4 Å². The summed E-state index contributed by atoms with van der Waals surface area (Å²) in [5.41, 5.74) is 7.19. The molecule has 4 rings (SSSR count). The van der Waals surface area contributed by atoms with Crippen LogP contribution in [0.2, 0.25) is 0 Å². The lowest BCUT2D eigenvalue weighted by Gasteiger charge is -2.20. The fraction of sp³-hybridized carbons (Fsp3) is 0.233. The number of hydrogen-bond acceptors (Lipinski definition) is 3. The Bertz CT molecular complexity index is 1260. The van der Waals surface area contributed by atoms with Crippen LogP contribution in [0.5, 0.6) is 5.75 Å². The zero-order valence-corrected chi connectivity index (χ0v) is 20.8. The first-order valence-corrected chi connectivity index (χ1v) is 11.8. The number of amides is 2. The molecular weight excluding hydrogens is 455 g/mol. The molecule has 0 spiro atoms. The van der Waals surface area contributed by atoms with Gasteiger partial charge in [-0.3, -0.25) is 9.59 Å². The van der Waals surface area contributed by atoms with E-state index in [2.05, 4.69) is 29.4 Å². The largest absolute Gasteiger partial charge is 0.495 e. The van der Waals surface area contributed by atoms with Gasteiger partial charge in [0.2, 0.25) is 5.91 Å². The standard InChI is InChI=1S/C24H23FN2O3.C6H8.3H2/c1-16-8-13-20(22(14-16)30-2)26-24(29)21(15-17-6-4-3-5-7-17)27-23(28)18-9-11-19(25)12-10-18;1-6-4-2-3-5-6;;;/h3-14,21H,15H2,1-2H3,(H,26,29)(H,27,28);2H,3,5H2,1H3;3*1H/t21-;;;;/m0..../s1. The van der Waals surface area contributed by atoms with E-state index in [-0.39, 0.29) is 15.8 Å². The molecule has 0 bridgehead atoms. The van der Waals surface area contributed by atoms with Crippen molar-refractivity contribution in [1.29, 1.82) is 0 Å². The van der Waals surface area contributed by atoms with E-state index in [4.69, 9.17) is 4.74 Å². The van der Waals surface area contributed by atoms with Gasteiger partial charge in [0, 0.05) is 16.3 Å². The van der Waals surface area contributed by atoms with Crippen LogP contribution < -0.4 is 15.4 Å². The molecule has 0 unspecified atom stereocenters. The lowest BCUT2D eigenvalue weighted by molar-refractivity contribution is -0.118. The molecule has 0 radical (unpaired) electrons. The molecule has 0 aliphatic heterocycles. The Hall–Kier alpha value is -4.15. The van der Waals surface area contributed by atoms with Gasteiger partial charge in [0.15, 0.2) is 0 Å². The minimum absolute atomic E-state index is 0. The van der Waals surface area contributed by atoms with Gasteiger partial charge in [-0.15, -0.1) is 5.73 Å². The van der Waals surface area contributed by atoms with Crippen LogP contribution >= 0.6 is 0 Å². The molecule has 0 heterocycles. The van der Waals surface area contributed by atoms with Gasteiger partial charge >= 0.3 is 0 Å². The molecule has 2 N–H and O–H groups in total. The van der Waals surface area contributed by atoms with Gasteiger partial charge in [0.05, 0.1) is 12.8 Å². The summed E-state index contributed by atoms with van der Waals surface area (Å²) in [5.74, 6) is -0.735. The van der Waals surface area contributed by atoms with Gasteiger partial charge in [-0.2, -0.15) is 0 Å². The summed E-state index contributed by atoms with van der Waals surface area (Å²) < 4.78 is 18.5. The Labute approximate surface area is 216 Å². The number of anilines is 1. The molecule has 0 saturated heterocycles. The first-order valence-electron chi connectivity index (χ1n) is 11.8. The first-order chi connectivity index (χ1) is 17.4. The van der Waals surface area contributed by atoms with Crippen molar-refractivity contribution < 1.29 is 23.0 Å². The van der Waals surface area contributed by atoms with Crippen molar-refractivity contribution in [3.8, 4) is 5.75 Å². The summed E-state index contributed by atoms with van der Waals surface area (Å²) >= 11 is 0. The van der Waals surface area contributed by atoms with Crippen LogP contribution in [0, 0.1) is 12.7 Å². The van der Waals surface area contributed by atoms with E-state index < -0.39 is 17.8 Å². The van der Waals surface area contributed by atoms with Crippen LogP contribution in [0.4, 0.5) is 10.1 Å². The van der Waals surface area contributed by atoms with Crippen LogP contribution in [-0.4, -0.2) is 25.0 Å². The molecular formula is C30H37FN2O3. The smallest absolute Gasteiger partial charge is 0.251 e. The molecule has 1 aliphatic rings. The number of allylic oxidation sites excluding steroid dienone is 1. The normalized spacial score (nSPS) is 12.6. The fourth-order valence-electron chi connectivity index (χ4n) is 3.63. The Balaban J connectivity index is 0.00000142. The van der Waals surface area contributed by atoms with E-state index in [1.54, 1.807) is 6.07 Å². The topological polar surface area (TPSA) is 67.4 Å². The van der Waals surface area contributed by atoms with Crippen molar-refractivity contribution >= 4 is 17.5 Å². The minimum Gasteiger partial charge on any atom is -0.495 e. The lowest BCUT2D eigenvalue weighted by Crippen LogP contribution is -2.45. The highest BCUT2D eigenvalue weighted by atomic mass is 19.1. The number of methoxy groups -OCH3 is 1. The number of aryl methyl sites for hydroxylation is 1. The maximum atomic E-state index is 13.2. The highest BCUT2D eigenvalue weighted by Crippen LogP contribution is 2.25. The number of carbonyl (C=O) groups excluding carboxylic acids is 2. The molecule has 36 heavy (non-hydrogen) atoms. The number of hydrogen-bond donors (Lipinski definition) is 2. The zero-order valence-electron chi connectivity index (χ0n) is 20.8. The van der Waals surface area contributed by atoms with E-state index >= 15 is 0 Å². The van der Waals surface area contributed by atoms with Gasteiger partial charge in [0.1, 0.15) is 17.6 Å². The summed E-state index contributed by atoms with van der Waals surface area (Å²) in [7, 11) is 1.53. The van der Waals surface area contributed by atoms with Gasteiger partial charge < -0.3 is 15.4 Å². The van der Waals surface area contributed by atoms with Crippen LogP contribution in [0.1, 0.15) is 45.5 Å². The van der Waals surface area contributed by atoms with Gasteiger partial charge in [-0.05, 0) is 85.9 Å². The van der Waals surface area contributed by atoms with Crippen LogP contribution in [0.25, 0.3) is 0 Å². The quantitative estimate of drug-likeness (QED) is 0.359. The van der Waals surface area contributed by atoms with Gasteiger partial charge in [-0.25, -0.2) is 4.39 Å². The van der Waals surface area contributed by atoms with E-state index in [1.165, 1.54) is 49.8 Å². The third-order valence-corrected chi connectivity index (χ3v) is 5.64. The summed E-state index contributed by atoms with van der Waals surface area (Å²) in [6.07, 6.45) is 4.84. The molecule has 1 aliphatic carbocycles. The molecule has 6 heteroatoms. The summed E-state index contributed by atoms with van der Waals surface area (Å²) in [5, 5.41) is 5.59. The van der Waals surface area contributed by atoms with Gasteiger partial charge in [0.25, 0.3) is 5.91 Å². The van der Waals surface area contributed by atoms with Crippen molar-refractivity contribution in [2.45, 2.75) is 39.2 Å². The average molecular weight is 493 g/mol. The minimum atomic E-state index is -0.837. The van der Waals surface area contributed by atoms with Crippen LogP contribution in [-0.2, 0) is 11.2 Å². The molecule has 0 fully saturated rings. The molecule has 1 atom stereocenters. The van der Waals surface area contributed by atoms with Crippen molar-refractivity contribution in [2.75, 3.05) is 12.4 Å². The maximum Gasteiger partial charge on any atom is 0.251 e. The summed E-state index contributed by atoms with van der Waals surface area (Å²) in [6, 6.07) is 19.2. The highest BCUT2D eigenvalue weighted by molar-refractivity contribution is 6.01. The molecule has 0 saturated carbocycles. The maximum absolute atomic E-state index is 13.2. The van der Waals surface area contributed by atoms with Crippen molar-refractivity contribution in [3.63, 3.8) is 0 Å². The lowest BCUT2D eigenvalue weighted by atomic mass is 10.0. The second kappa shape index (κ2) is 13.1. The second-order valence-corrected chi connectivity index (χ2v) is 8.58. The van der Waals surface area contributed by atoms with Crippen molar-refractivity contribution in [1.82, 2.24) is 5.32 Å². The summed E-state index contributed by atoms with van der Waals surface area (Å²) in [4.78, 5) is 25.7. The third-order valence-electron chi connectivity index (χ3n) is 5.64. The third kappa shape index (κ3) is 7.97. The molecule has 2 amide bonds. The Morgan fingerprint density at radius 3 is 2.36 bits per heavy atom. The van der Waals surface area contributed by atoms with Crippen LogP contribution in [0.3, 0.4) is 0 Å². The predicted molar refractivity (Wildman–Crippen MR) is 147 cm³/mol. The monoisotopic (exact) mass is 492 g/mol. The highest BCUT2D eigenvalue weighted by Gasteiger charge is 2.23. The number of benzene rings is 3. The SMILES string of the molecule is CC1=C=CCC1.COc1cc(C)ccc1NC(=O)[C@H](Cc1ccccc1)NC(=O)c1ccc(F)cc1.[HH].[HH].[HH]. The number of carbonyl (C=O) groups is 2. The molecule has 192 valence electrons. The number of halogens is 1. The first kappa shape index (κ1) is 26.5. The average Bonchev–Trinajstić information content (AvgIpc) is 3.37. The van der Waals surface area contributed by atoms with Crippen LogP contribution in [0.15, 0.2) is 90.2 Å². The molecule has 3 aromatic carbocycles. The van der Waals surface area contributed by atoms with E-state index in [0.717, 1.165) is 11.1 Å². The molecule has 0 aromatic heterocycles. The number of rotatable bonds is 7. The van der Waals surface area contributed by atoms with E-state index in [9.17, 15) is 14.0 Å². The second-order valence-electron chi connectivity index (χ2n) is 8.58. The zero-order chi connectivity index (χ0) is 25.9.